The molecule has 1 aromatic heterocycles. The van der Waals surface area contributed by atoms with Gasteiger partial charge in [0.2, 0.25) is 5.91 Å². The molecular formula is C21H19BrN4O3. The van der Waals surface area contributed by atoms with E-state index in [1.807, 2.05) is 49.4 Å². The van der Waals surface area contributed by atoms with Crippen LogP contribution in [0.1, 0.15) is 25.0 Å². The summed E-state index contributed by atoms with van der Waals surface area (Å²) in [5.41, 5.74) is 3.92. The Morgan fingerprint density at radius 3 is 2.86 bits per heavy atom. The Balaban J connectivity index is 1.77. The molecule has 0 saturated carbocycles. The Hall–Kier alpha value is -3.13. The molecule has 0 fully saturated rings. The van der Waals surface area contributed by atoms with Crippen LogP contribution in [0.4, 0.5) is 5.69 Å². The molecular weight excluding hydrogens is 436 g/mol. The molecule has 0 bridgehead atoms. The first kappa shape index (κ1) is 19.2. The number of nitrogens with zero attached hydrogens (tertiary/aromatic N) is 3. The van der Waals surface area contributed by atoms with Crippen molar-refractivity contribution in [3.63, 3.8) is 0 Å². The van der Waals surface area contributed by atoms with E-state index < -0.39 is 0 Å². The van der Waals surface area contributed by atoms with Crippen LogP contribution in [0.3, 0.4) is 0 Å². The number of rotatable bonds is 5. The first-order valence-corrected chi connectivity index (χ1v) is 9.93. The molecule has 7 nitrogen and oxygen atoms in total. The third-order valence-corrected chi connectivity index (χ3v) is 5.28. The second-order valence-electron chi connectivity index (χ2n) is 6.59. The van der Waals surface area contributed by atoms with Crippen LogP contribution < -0.4 is 0 Å². The predicted octanol–water partition coefficient (Wildman–Crippen LogP) is 4.32. The van der Waals surface area contributed by atoms with Gasteiger partial charge >= 0.3 is 0 Å². The van der Waals surface area contributed by atoms with Crippen LogP contribution in [0.5, 0.6) is 5.88 Å². The molecule has 1 aliphatic heterocycles. The van der Waals surface area contributed by atoms with Gasteiger partial charge in [-0.3, -0.25) is 4.79 Å². The van der Waals surface area contributed by atoms with Gasteiger partial charge in [-0.05, 0) is 25.1 Å². The third kappa shape index (κ3) is 3.51. The van der Waals surface area contributed by atoms with E-state index in [1.165, 1.54) is 11.8 Å². The number of fused-ring (bicyclic) bond motifs is 2. The number of amides is 1. The van der Waals surface area contributed by atoms with E-state index in [1.54, 1.807) is 0 Å². The van der Waals surface area contributed by atoms with Crippen molar-refractivity contribution in [2.24, 2.45) is 10.1 Å². The summed E-state index contributed by atoms with van der Waals surface area (Å²) in [4.78, 5) is 26.3. The van der Waals surface area contributed by atoms with Crippen molar-refractivity contribution in [2.75, 3.05) is 13.3 Å². The number of carbonyl (C=O) groups excluding carboxylic acids is 1. The van der Waals surface area contributed by atoms with Crippen molar-refractivity contribution in [3.8, 4) is 5.88 Å². The van der Waals surface area contributed by atoms with Crippen molar-refractivity contribution in [2.45, 2.75) is 13.8 Å². The smallest absolute Gasteiger partial charge is 0.222 e. The van der Waals surface area contributed by atoms with Gasteiger partial charge in [0, 0.05) is 28.9 Å². The van der Waals surface area contributed by atoms with Gasteiger partial charge in [0.05, 0.1) is 16.8 Å². The number of aromatic nitrogens is 1. The van der Waals surface area contributed by atoms with Gasteiger partial charge < -0.3 is 19.8 Å². The molecule has 3 aromatic rings. The quantitative estimate of drug-likeness (QED) is 0.444. The van der Waals surface area contributed by atoms with Crippen LogP contribution in [0, 0.1) is 0 Å². The number of para-hydroxylation sites is 1. The summed E-state index contributed by atoms with van der Waals surface area (Å²) in [6.07, 6.45) is 0. The minimum absolute atomic E-state index is 0.0104. The highest BCUT2D eigenvalue weighted by Gasteiger charge is 2.29. The minimum Gasteiger partial charge on any atom is -0.494 e. The van der Waals surface area contributed by atoms with E-state index in [0.717, 1.165) is 26.6 Å². The highest BCUT2D eigenvalue weighted by atomic mass is 79.9. The molecule has 0 saturated heterocycles. The monoisotopic (exact) mass is 454 g/mol. The normalized spacial score (nSPS) is 14.2. The fourth-order valence-electron chi connectivity index (χ4n) is 3.30. The lowest BCUT2D eigenvalue weighted by atomic mass is 10.0. The molecule has 0 unspecified atom stereocenters. The maximum atomic E-state index is 11.6. The molecule has 29 heavy (non-hydrogen) atoms. The number of aliphatic imine (C=N–C) groups is 1. The Kier molecular flexibility index (Phi) is 5.10. The molecule has 2 N–H and O–H groups in total. The third-order valence-electron chi connectivity index (χ3n) is 4.79. The second-order valence-corrected chi connectivity index (χ2v) is 7.50. The number of carbonyl (C=O) groups is 1. The topological polar surface area (TPSA) is 90.3 Å². The molecule has 1 aliphatic rings. The van der Waals surface area contributed by atoms with Crippen LogP contribution in [0.2, 0.25) is 0 Å². The zero-order valence-electron chi connectivity index (χ0n) is 15.9. The first-order valence-electron chi connectivity index (χ1n) is 9.14. The van der Waals surface area contributed by atoms with Crippen molar-refractivity contribution >= 4 is 49.9 Å². The number of halogens is 1. The van der Waals surface area contributed by atoms with Gasteiger partial charge in [0.15, 0.2) is 12.6 Å². The number of aromatic amines is 1. The Morgan fingerprint density at radius 1 is 1.31 bits per heavy atom. The molecule has 8 heteroatoms. The van der Waals surface area contributed by atoms with Crippen molar-refractivity contribution in [3.05, 3.63) is 58.1 Å². The van der Waals surface area contributed by atoms with Gasteiger partial charge in [-0.2, -0.15) is 0 Å². The van der Waals surface area contributed by atoms with E-state index in [-0.39, 0.29) is 18.5 Å². The summed E-state index contributed by atoms with van der Waals surface area (Å²) in [5, 5.41) is 15.7. The highest BCUT2D eigenvalue weighted by molar-refractivity contribution is 9.10. The molecule has 0 aliphatic carbocycles. The lowest BCUT2D eigenvalue weighted by Crippen LogP contribution is -2.30. The summed E-state index contributed by atoms with van der Waals surface area (Å²) in [6.45, 7) is 3.92. The summed E-state index contributed by atoms with van der Waals surface area (Å²) in [6, 6.07) is 13.3. The number of H-pyrrole nitrogens is 1. The second kappa shape index (κ2) is 7.71. The van der Waals surface area contributed by atoms with Crippen LogP contribution in [-0.4, -0.2) is 45.6 Å². The number of nitrogens with one attached hydrogen (secondary N) is 1. The average Bonchev–Trinajstić information content (AvgIpc) is 3.20. The molecule has 0 radical (unpaired) electrons. The van der Waals surface area contributed by atoms with E-state index in [0.29, 0.717) is 23.5 Å². The molecule has 0 spiro atoms. The van der Waals surface area contributed by atoms with E-state index in [2.05, 4.69) is 26.1 Å². The van der Waals surface area contributed by atoms with Crippen molar-refractivity contribution < 1.29 is 14.7 Å². The summed E-state index contributed by atoms with van der Waals surface area (Å²) < 4.78 is 0.899. The van der Waals surface area contributed by atoms with Crippen LogP contribution in [-0.2, 0) is 9.63 Å². The standard InChI is InChI=1S/C21H19BrN4O3/c1-3-26(12(2)27)11-29-25-19-15-6-4-5-7-16(15)23-20(19)18-14-9-8-13(22)10-17(14)24-21(18)28/h4-10,24,28H,3,11H2,1-2H3/b25-19+. The number of hydrogen-bond donors (Lipinski definition) is 2. The van der Waals surface area contributed by atoms with E-state index in [4.69, 9.17) is 9.83 Å². The van der Waals surface area contributed by atoms with Gasteiger partial charge in [-0.1, -0.05) is 45.4 Å². The van der Waals surface area contributed by atoms with Gasteiger partial charge in [0.25, 0.3) is 0 Å². The fraction of sp³-hybridized carbons (Fsp3) is 0.190. The average molecular weight is 455 g/mol. The fourth-order valence-corrected chi connectivity index (χ4v) is 3.66. The Labute approximate surface area is 175 Å². The molecule has 1 amide bonds. The number of hydrogen-bond acceptors (Lipinski definition) is 5. The van der Waals surface area contributed by atoms with Gasteiger partial charge in [-0.25, -0.2) is 4.99 Å². The lowest BCUT2D eigenvalue weighted by molar-refractivity contribution is -0.134. The van der Waals surface area contributed by atoms with Crippen molar-refractivity contribution in [1.29, 1.82) is 0 Å². The molecule has 0 atom stereocenters. The molecule has 148 valence electrons. The largest absolute Gasteiger partial charge is 0.494 e. The maximum Gasteiger partial charge on any atom is 0.222 e. The first-order chi connectivity index (χ1) is 14.0. The lowest BCUT2D eigenvalue weighted by Gasteiger charge is -2.16. The number of oxime groups is 1. The number of aromatic hydroxyl groups is 1. The Bertz CT molecular complexity index is 1170. The predicted molar refractivity (Wildman–Crippen MR) is 116 cm³/mol. The zero-order chi connectivity index (χ0) is 20.5. The summed E-state index contributed by atoms with van der Waals surface area (Å²) in [5.74, 6) is -0.0791. The SMILES string of the molecule is CCN(CO/N=C1/C(c2c(O)[nH]c3cc(Br)ccc23)=Nc2ccccc21)C(C)=O. The Morgan fingerprint density at radius 2 is 2.10 bits per heavy atom. The van der Waals surface area contributed by atoms with E-state index >= 15 is 0 Å². The van der Waals surface area contributed by atoms with E-state index in [9.17, 15) is 9.90 Å². The van der Waals surface area contributed by atoms with Crippen LogP contribution in [0.15, 0.2) is 57.1 Å². The van der Waals surface area contributed by atoms with Gasteiger partial charge in [0.1, 0.15) is 11.4 Å². The zero-order valence-corrected chi connectivity index (χ0v) is 17.5. The maximum absolute atomic E-state index is 11.6. The molecule has 2 heterocycles. The van der Waals surface area contributed by atoms with Crippen LogP contribution >= 0.6 is 15.9 Å². The molecule has 2 aromatic carbocycles. The summed E-state index contributed by atoms with van der Waals surface area (Å²) >= 11 is 3.44. The summed E-state index contributed by atoms with van der Waals surface area (Å²) in [7, 11) is 0. The van der Waals surface area contributed by atoms with Crippen LogP contribution in [0.25, 0.3) is 10.9 Å². The van der Waals surface area contributed by atoms with Crippen molar-refractivity contribution in [1.82, 2.24) is 9.88 Å². The highest BCUT2D eigenvalue weighted by Crippen LogP contribution is 2.36. The molecule has 4 rings (SSSR count). The minimum atomic E-state index is -0.0896. The van der Waals surface area contributed by atoms with Gasteiger partial charge in [-0.15, -0.1) is 0 Å². The number of benzene rings is 2.